The first-order chi connectivity index (χ1) is 18.7. The highest BCUT2D eigenvalue weighted by Crippen LogP contribution is 2.42. The van der Waals surface area contributed by atoms with E-state index in [4.69, 9.17) is 23.2 Å². The fourth-order valence-electron chi connectivity index (χ4n) is 4.64. The van der Waals surface area contributed by atoms with Crippen molar-refractivity contribution in [2.24, 2.45) is 5.10 Å². The van der Waals surface area contributed by atoms with Gasteiger partial charge >= 0.3 is 12.4 Å². The number of nitrogens with one attached hydrogen (secondary N) is 1. The lowest BCUT2D eigenvalue weighted by Crippen LogP contribution is -2.40. The molecule has 0 radical (unpaired) electrons. The molecule has 210 valence electrons. The number of carbonyl (C=O) groups excluding carboxylic acids is 1. The molecule has 0 fully saturated rings. The van der Waals surface area contributed by atoms with Crippen LogP contribution in [0.3, 0.4) is 0 Å². The summed E-state index contributed by atoms with van der Waals surface area (Å²) in [6.07, 6.45) is -9.03. The van der Waals surface area contributed by atoms with Gasteiger partial charge in [-0.1, -0.05) is 66.2 Å². The molecule has 4 rings (SSSR count). The second-order valence-electron chi connectivity index (χ2n) is 9.23. The SMILES string of the molecule is C=C(Cl)CC1(c2ccccc2)CN(CC(=O)Nc2ccc(C(F)(F)F)cc2)N=C1c1ccc(C(F)(F)F)c(Cl)c1. The average molecular weight is 600 g/mol. The van der Waals surface area contributed by atoms with E-state index in [2.05, 4.69) is 17.0 Å². The van der Waals surface area contributed by atoms with Crippen molar-refractivity contribution in [3.63, 3.8) is 0 Å². The van der Waals surface area contributed by atoms with E-state index >= 15 is 0 Å². The molecule has 1 aliphatic heterocycles. The summed E-state index contributed by atoms with van der Waals surface area (Å²) in [6, 6.07) is 16.2. The van der Waals surface area contributed by atoms with Crippen molar-refractivity contribution in [1.29, 1.82) is 0 Å². The highest BCUT2D eigenvalue weighted by atomic mass is 35.5. The molecule has 0 spiro atoms. The molecule has 1 aliphatic rings. The van der Waals surface area contributed by atoms with Crippen LogP contribution in [-0.2, 0) is 22.6 Å². The smallest absolute Gasteiger partial charge is 0.324 e. The summed E-state index contributed by atoms with van der Waals surface area (Å²) < 4.78 is 78.6. The monoisotopic (exact) mass is 599 g/mol. The van der Waals surface area contributed by atoms with Crippen LogP contribution >= 0.6 is 23.2 Å². The summed E-state index contributed by atoms with van der Waals surface area (Å²) in [6.45, 7) is 3.61. The molecule has 0 bridgehead atoms. The predicted molar refractivity (Wildman–Crippen MR) is 142 cm³/mol. The third kappa shape index (κ3) is 6.45. The van der Waals surface area contributed by atoms with Gasteiger partial charge in [-0.3, -0.25) is 9.80 Å². The number of amides is 1. The molecule has 40 heavy (non-hydrogen) atoms. The van der Waals surface area contributed by atoms with Crippen molar-refractivity contribution >= 4 is 40.5 Å². The largest absolute Gasteiger partial charge is 0.417 e. The second-order valence-corrected chi connectivity index (χ2v) is 10.2. The number of hydrogen-bond acceptors (Lipinski definition) is 3. The molecular formula is C28H21Cl2F6N3O. The molecule has 1 heterocycles. The second kappa shape index (κ2) is 11.2. The highest BCUT2D eigenvalue weighted by Gasteiger charge is 2.46. The first kappa shape index (κ1) is 29.5. The molecule has 1 N–H and O–H groups in total. The maximum Gasteiger partial charge on any atom is 0.417 e. The number of anilines is 1. The van der Waals surface area contributed by atoms with Gasteiger partial charge in [0.25, 0.3) is 0 Å². The van der Waals surface area contributed by atoms with Crippen molar-refractivity contribution in [2.45, 2.75) is 24.2 Å². The molecule has 1 amide bonds. The number of allylic oxidation sites excluding steroid dienone is 1. The summed E-state index contributed by atoms with van der Waals surface area (Å²) in [7, 11) is 0. The van der Waals surface area contributed by atoms with Gasteiger partial charge in [-0.05, 0) is 48.4 Å². The van der Waals surface area contributed by atoms with Gasteiger partial charge in [0.05, 0.1) is 33.8 Å². The van der Waals surface area contributed by atoms with E-state index in [1.165, 1.54) is 17.1 Å². The number of hydrogen-bond donors (Lipinski definition) is 1. The molecular weight excluding hydrogens is 579 g/mol. The Labute approximate surface area is 235 Å². The highest BCUT2D eigenvalue weighted by molar-refractivity contribution is 6.32. The number of benzene rings is 3. The first-order valence-corrected chi connectivity index (χ1v) is 12.5. The predicted octanol–water partition coefficient (Wildman–Crippen LogP) is 8.12. The molecule has 1 unspecified atom stereocenters. The fourth-order valence-corrected chi connectivity index (χ4v) is 5.16. The van der Waals surface area contributed by atoms with Crippen LogP contribution in [0.4, 0.5) is 32.0 Å². The van der Waals surface area contributed by atoms with Crippen LogP contribution in [-0.4, -0.2) is 29.7 Å². The Hall–Kier alpha value is -3.50. The Balaban J connectivity index is 1.69. The summed E-state index contributed by atoms with van der Waals surface area (Å²) >= 11 is 12.3. The lowest BCUT2D eigenvalue weighted by atomic mass is 9.72. The van der Waals surface area contributed by atoms with Gasteiger partial charge < -0.3 is 5.32 Å². The number of hydrazone groups is 1. The summed E-state index contributed by atoms with van der Waals surface area (Å²) in [5, 5.41) is 8.30. The van der Waals surface area contributed by atoms with E-state index < -0.39 is 39.8 Å². The van der Waals surface area contributed by atoms with Gasteiger partial charge in [-0.2, -0.15) is 31.4 Å². The molecule has 0 saturated heterocycles. The topological polar surface area (TPSA) is 44.7 Å². The summed E-state index contributed by atoms with van der Waals surface area (Å²) in [5.74, 6) is -0.568. The normalized spacial score (nSPS) is 17.5. The van der Waals surface area contributed by atoms with Crippen LogP contribution in [0.15, 0.2) is 89.5 Å². The molecule has 4 nitrogen and oxygen atoms in total. The first-order valence-electron chi connectivity index (χ1n) is 11.8. The lowest BCUT2D eigenvalue weighted by molar-refractivity contribution is -0.138. The van der Waals surface area contributed by atoms with Crippen LogP contribution in [0.1, 0.15) is 28.7 Å². The lowest BCUT2D eigenvalue weighted by Gasteiger charge is -2.32. The maximum atomic E-state index is 13.4. The quantitative estimate of drug-likeness (QED) is 0.279. The Morgan fingerprint density at radius 3 is 2.17 bits per heavy atom. The molecule has 1 atom stereocenters. The molecule has 3 aromatic rings. The summed E-state index contributed by atoms with van der Waals surface area (Å²) in [4.78, 5) is 12.8. The van der Waals surface area contributed by atoms with Gasteiger partial charge in [0.2, 0.25) is 5.91 Å². The van der Waals surface area contributed by atoms with Crippen LogP contribution in [0.2, 0.25) is 5.02 Å². The van der Waals surface area contributed by atoms with Crippen molar-refractivity contribution in [1.82, 2.24) is 5.01 Å². The van der Waals surface area contributed by atoms with Crippen molar-refractivity contribution < 1.29 is 31.1 Å². The summed E-state index contributed by atoms with van der Waals surface area (Å²) in [5.41, 5.74) is -1.35. The number of nitrogens with zero attached hydrogens (tertiary/aromatic N) is 2. The van der Waals surface area contributed by atoms with Gasteiger partial charge in [0.15, 0.2) is 0 Å². The number of carbonyl (C=O) groups is 1. The van der Waals surface area contributed by atoms with Gasteiger partial charge in [0.1, 0.15) is 6.54 Å². The van der Waals surface area contributed by atoms with E-state index in [-0.39, 0.29) is 30.2 Å². The van der Waals surface area contributed by atoms with Crippen LogP contribution in [0.5, 0.6) is 0 Å². The maximum absolute atomic E-state index is 13.4. The Bertz CT molecular complexity index is 1440. The number of rotatable bonds is 7. The third-order valence-corrected chi connectivity index (χ3v) is 6.78. The van der Waals surface area contributed by atoms with Crippen LogP contribution in [0, 0.1) is 0 Å². The van der Waals surface area contributed by atoms with Crippen LogP contribution < -0.4 is 5.32 Å². The molecule has 0 saturated carbocycles. The van der Waals surface area contributed by atoms with Crippen LogP contribution in [0.25, 0.3) is 0 Å². The molecule has 0 aromatic heterocycles. The van der Waals surface area contributed by atoms with Gasteiger partial charge in [-0.25, -0.2) is 0 Å². The zero-order chi connectivity index (χ0) is 29.3. The van der Waals surface area contributed by atoms with Crippen molar-refractivity contribution in [2.75, 3.05) is 18.4 Å². The fraction of sp³-hybridized carbons (Fsp3) is 0.214. The van der Waals surface area contributed by atoms with Crippen molar-refractivity contribution in [3.8, 4) is 0 Å². The zero-order valence-electron chi connectivity index (χ0n) is 20.6. The minimum atomic E-state index is -4.66. The number of halogens is 8. The van der Waals surface area contributed by atoms with E-state index in [0.29, 0.717) is 11.3 Å². The van der Waals surface area contributed by atoms with Gasteiger partial charge in [-0.15, -0.1) is 0 Å². The Morgan fingerprint density at radius 1 is 0.975 bits per heavy atom. The zero-order valence-corrected chi connectivity index (χ0v) is 22.1. The average Bonchev–Trinajstić information content (AvgIpc) is 3.21. The Morgan fingerprint density at radius 2 is 1.62 bits per heavy atom. The van der Waals surface area contributed by atoms with E-state index in [1.807, 2.05) is 12.1 Å². The standard InChI is InChI=1S/C28H21Cl2F6N3O/c1-17(29)14-26(19-5-3-2-4-6-19)16-39(15-24(40)37-21-10-8-20(9-11-21)27(31,32)33)38-25(26)18-7-12-22(23(30)13-18)28(34,35)36/h2-13H,1,14-16H2,(H,37,40). The molecule has 12 heteroatoms. The van der Waals surface area contributed by atoms with Crippen molar-refractivity contribution in [3.05, 3.63) is 112 Å². The van der Waals surface area contributed by atoms with E-state index in [1.54, 1.807) is 18.2 Å². The molecule has 0 aliphatic carbocycles. The van der Waals surface area contributed by atoms with E-state index in [9.17, 15) is 31.1 Å². The van der Waals surface area contributed by atoms with E-state index in [0.717, 1.165) is 35.9 Å². The molecule has 3 aromatic carbocycles. The van der Waals surface area contributed by atoms with Gasteiger partial charge in [0, 0.05) is 16.3 Å². The Kier molecular flexibility index (Phi) is 8.23. The minimum Gasteiger partial charge on any atom is -0.324 e. The number of alkyl halides is 6. The third-order valence-electron chi connectivity index (χ3n) is 6.34. The minimum absolute atomic E-state index is 0.108.